The molecule has 0 saturated carbocycles. The Morgan fingerprint density at radius 2 is 2.17 bits per heavy atom. The van der Waals surface area contributed by atoms with E-state index in [0.717, 1.165) is 23.5 Å². The molecule has 0 aliphatic rings. The van der Waals surface area contributed by atoms with Crippen LogP contribution in [0.4, 0.5) is 5.69 Å². The first-order valence-electron chi connectivity index (χ1n) is 7.48. The van der Waals surface area contributed by atoms with Crippen LogP contribution in [0.25, 0.3) is 5.69 Å². The number of nitrogens with zero attached hydrogens (tertiary/aromatic N) is 4. The Morgan fingerprint density at radius 3 is 2.87 bits per heavy atom. The molecule has 1 N–H and O–H groups in total. The molecule has 0 spiro atoms. The Labute approximate surface area is 139 Å². The molecular formula is C16H18ClN5O. The summed E-state index contributed by atoms with van der Waals surface area (Å²) in [6, 6.07) is 7.48. The van der Waals surface area contributed by atoms with E-state index < -0.39 is 0 Å². The molecule has 0 amide bonds. The summed E-state index contributed by atoms with van der Waals surface area (Å²) < 4.78 is 7.42. The molecule has 0 aliphatic carbocycles. The summed E-state index contributed by atoms with van der Waals surface area (Å²) in [5, 5.41) is 16.5. The molecule has 1 atom stereocenters. The summed E-state index contributed by atoms with van der Waals surface area (Å²) in [6.07, 6.45) is 2.51. The van der Waals surface area contributed by atoms with Crippen molar-refractivity contribution in [1.29, 1.82) is 0 Å². The van der Waals surface area contributed by atoms with Crippen molar-refractivity contribution >= 4 is 17.3 Å². The predicted molar refractivity (Wildman–Crippen MR) is 89.0 cm³/mol. The molecule has 0 aliphatic heterocycles. The van der Waals surface area contributed by atoms with Crippen LogP contribution in [-0.4, -0.2) is 20.0 Å². The van der Waals surface area contributed by atoms with Crippen molar-refractivity contribution in [3.63, 3.8) is 0 Å². The zero-order chi connectivity index (χ0) is 16.4. The van der Waals surface area contributed by atoms with Gasteiger partial charge in [0.2, 0.25) is 11.8 Å². The number of hydrogen-bond donors (Lipinski definition) is 1. The Morgan fingerprint density at radius 1 is 1.35 bits per heavy atom. The standard InChI is InChI=1S/C16H18ClN5O/c1-4-15-20-21-16(23-15)10(2)19-14-9-18-22(11(14)3)13-7-5-6-12(17)8-13/h5-10,19H,4H2,1-3H3/t10-/m0/s1. The van der Waals surface area contributed by atoms with Crippen LogP contribution in [0.15, 0.2) is 34.9 Å². The normalized spacial score (nSPS) is 12.3. The molecule has 0 bridgehead atoms. The van der Waals surface area contributed by atoms with Gasteiger partial charge < -0.3 is 9.73 Å². The lowest BCUT2D eigenvalue weighted by atomic mass is 10.3. The van der Waals surface area contributed by atoms with E-state index in [1.54, 1.807) is 6.20 Å². The van der Waals surface area contributed by atoms with Crippen LogP contribution in [-0.2, 0) is 6.42 Å². The van der Waals surface area contributed by atoms with Gasteiger partial charge in [-0.2, -0.15) is 5.10 Å². The minimum atomic E-state index is -0.0986. The van der Waals surface area contributed by atoms with Gasteiger partial charge in [-0.25, -0.2) is 4.68 Å². The fraction of sp³-hybridized carbons (Fsp3) is 0.312. The van der Waals surface area contributed by atoms with Gasteiger partial charge in [0.1, 0.15) is 6.04 Å². The third-order valence-corrected chi connectivity index (χ3v) is 3.83. The third-order valence-electron chi connectivity index (χ3n) is 3.59. The van der Waals surface area contributed by atoms with Crippen molar-refractivity contribution in [1.82, 2.24) is 20.0 Å². The number of anilines is 1. The van der Waals surface area contributed by atoms with Crippen LogP contribution in [0.1, 0.15) is 37.4 Å². The largest absolute Gasteiger partial charge is 0.423 e. The number of benzene rings is 1. The molecule has 0 fully saturated rings. The second-order valence-corrected chi connectivity index (χ2v) is 5.73. The third kappa shape index (κ3) is 3.22. The maximum Gasteiger partial charge on any atom is 0.238 e. The van der Waals surface area contributed by atoms with E-state index in [1.807, 2.05) is 49.7 Å². The van der Waals surface area contributed by atoms with Gasteiger partial charge in [0, 0.05) is 11.4 Å². The van der Waals surface area contributed by atoms with Gasteiger partial charge in [-0.05, 0) is 32.0 Å². The second kappa shape index (κ2) is 6.42. The van der Waals surface area contributed by atoms with Crippen LogP contribution in [0.2, 0.25) is 5.02 Å². The fourth-order valence-corrected chi connectivity index (χ4v) is 2.48. The summed E-state index contributed by atoms with van der Waals surface area (Å²) in [4.78, 5) is 0. The SMILES string of the molecule is CCc1nnc([C@H](C)Nc2cnn(-c3cccc(Cl)c3)c2C)o1. The zero-order valence-corrected chi connectivity index (χ0v) is 14.0. The minimum Gasteiger partial charge on any atom is -0.423 e. The maximum absolute atomic E-state index is 6.05. The predicted octanol–water partition coefficient (Wildman–Crippen LogP) is 3.95. The Balaban J connectivity index is 1.82. The van der Waals surface area contributed by atoms with Crippen molar-refractivity contribution < 1.29 is 4.42 Å². The molecule has 6 nitrogen and oxygen atoms in total. The van der Waals surface area contributed by atoms with E-state index >= 15 is 0 Å². The highest BCUT2D eigenvalue weighted by Crippen LogP contribution is 2.24. The first kappa shape index (κ1) is 15.6. The lowest BCUT2D eigenvalue weighted by Crippen LogP contribution is -2.08. The summed E-state index contributed by atoms with van der Waals surface area (Å²) in [5.74, 6) is 1.21. The zero-order valence-electron chi connectivity index (χ0n) is 13.2. The summed E-state index contributed by atoms with van der Waals surface area (Å²) in [6.45, 7) is 5.95. The summed E-state index contributed by atoms with van der Waals surface area (Å²) in [5.41, 5.74) is 2.81. The maximum atomic E-state index is 6.05. The van der Waals surface area contributed by atoms with Crippen LogP contribution >= 0.6 is 11.6 Å². The Kier molecular flexibility index (Phi) is 4.34. The molecule has 7 heteroatoms. The average molecular weight is 332 g/mol. The van der Waals surface area contributed by atoms with Gasteiger partial charge >= 0.3 is 0 Å². The average Bonchev–Trinajstić information content (AvgIpc) is 3.15. The van der Waals surface area contributed by atoms with Gasteiger partial charge in [-0.1, -0.05) is 24.6 Å². The molecule has 0 saturated heterocycles. The van der Waals surface area contributed by atoms with Crippen LogP contribution in [0.5, 0.6) is 0 Å². The second-order valence-electron chi connectivity index (χ2n) is 5.29. The molecular weight excluding hydrogens is 314 g/mol. The van der Waals surface area contributed by atoms with E-state index in [2.05, 4.69) is 20.6 Å². The van der Waals surface area contributed by atoms with E-state index in [-0.39, 0.29) is 6.04 Å². The van der Waals surface area contributed by atoms with Gasteiger partial charge in [0.25, 0.3) is 0 Å². The van der Waals surface area contributed by atoms with Gasteiger partial charge in [0.15, 0.2) is 0 Å². The lowest BCUT2D eigenvalue weighted by Gasteiger charge is -2.11. The molecule has 0 radical (unpaired) electrons. The first-order valence-corrected chi connectivity index (χ1v) is 7.85. The highest BCUT2D eigenvalue weighted by molar-refractivity contribution is 6.30. The highest BCUT2D eigenvalue weighted by atomic mass is 35.5. The topological polar surface area (TPSA) is 68.8 Å². The number of halogens is 1. The monoisotopic (exact) mass is 331 g/mol. The Hall–Kier alpha value is -2.34. The fourth-order valence-electron chi connectivity index (χ4n) is 2.30. The highest BCUT2D eigenvalue weighted by Gasteiger charge is 2.16. The lowest BCUT2D eigenvalue weighted by molar-refractivity contribution is 0.439. The molecule has 120 valence electrons. The van der Waals surface area contributed by atoms with Crippen LogP contribution < -0.4 is 5.32 Å². The number of aromatic nitrogens is 4. The molecule has 1 aromatic carbocycles. The van der Waals surface area contributed by atoms with Crippen LogP contribution in [0.3, 0.4) is 0 Å². The van der Waals surface area contributed by atoms with Crippen molar-refractivity contribution in [2.45, 2.75) is 33.2 Å². The Bertz CT molecular complexity index is 810. The van der Waals surface area contributed by atoms with E-state index in [9.17, 15) is 0 Å². The summed E-state index contributed by atoms with van der Waals surface area (Å²) in [7, 11) is 0. The van der Waals surface area contributed by atoms with Gasteiger partial charge in [0.05, 0.1) is 23.3 Å². The van der Waals surface area contributed by atoms with E-state index in [0.29, 0.717) is 16.8 Å². The quantitative estimate of drug-likeness (QED) is 0.766. The molecule has 3 aromatic rings. The van der Waals surface area contributed by atoms with Gasteiger partial charge in [-0.3, -0.25) is 0 Å². The van der Waals surface area contributed by atoms with Gasteiger partial charge in [-0.15, -0.1) is 10.2 Å². The van der Waals surface area contributed by atoms with Crippen molar-refractivity contribution in [3.8, 4) is 5.69 Å². The number of aryl methyl sites for hydroxylation is 1. The number of rotatable bonds is 5. The van der Waals surface area contributed by atoms with Crippen molar-refractivity contribution in [3.05, 3.63) is 53.0 Å². The van der Waals surface area contributed by atoms with Crippen molar-refractivity contribution in [2.75, 3.05) is 5.32 Å². The van der Waals surface area contributed by atoms with E-state index in [1.165, 1.54) is 0 Å². The minimum absolute atomic E-state index is 0.0986. The van der Waals surface area contributed by atoms with Crippen LogP contribution in [0, 0.1) is 6.92 Å². The molecule has 2 heterocycles. The molecule has 23 heavy (non-hydrogen) atoms. The molecule has 2 aromatic heterocycles. The summed E-state index contributed by atoms with van der Waals surface area (Å²) >= 11 is 6.05. The number of nitrogens with one attached hydrogen (secondary N) is 1. The molecule has 0 unspecified atom stereocenters. The number of hydrogen-bond acceptors (Lipinski definition) is 5. The molecule has 3 rings (SSSR count). The van der Waals surface area contributed by atoms with E-state index in [4.69, 9.17) is 16.0 Å². The smallest absolute Gasteiger partial charge is 0.238 e. The first-order chi connectivity index (χ1) is 11.1. The van der Waals surface area contributed by atoms with Crippen molar-refractivity contribution in [2.24, 2.45) is 0 Å².